The van der Waals surface area contributed by atoms with E-state index >= 15 is 0 Å². The first-order chi connectivity index (χ1) is 14.8. The van der Waals surface area contributed by atoms with Gasteiger partial charge in [-0.1, -0.05) is 0 Å². The Bertz CT molecular complexity index is 1340. The van der Waals surface area contributed by atoms with Crippen LogP contribution in [0.5, 0.6) is 0 Å². The van der Waals surface area contributed by atoms with Gasteiger partial charge in [-0.3, -0.25) is 9.69 Å². The van der Waals surface area contributed by atoms with Crippen molar-refractivity contribution in [1.82, 2.24) is 28.7 Å². The number of likely N-dealkylation sites (tertiary alicyclic amines) is 1. The molecule has 31 heavy (non-hydrogen) atoms. The van der Waals surface area contributed by atoms with Crippen LogP contribution < -0.4 is 5.32 Å². The fraction of sp³-hybridized carbons (Fsp3) is 0.364. The van der Waals surface area contributed by atoms with Crippen LogP contribution in [0.15, 0.2) is 24.7 Å². The molecule has 1 saturated heterocycles. The van der Waals surface area contributed by atoms with Crippen LogP contribution >= 0.6 is 0 Å². The van der Waals surface area contributed by atoms with Crippen LogP contribution in [0.25, 0.3) is 11.2 Å². The lowest BCUT2D eigenvalue weighted by Gasteiger charge is -2.16. The first kappa shape index (κ1) is 19.6. The predicted molar refractivity (Wildman–Crippen MR) is 115 cm³/mol. The number of hydrogen-bond donors (Lipinski definition) is 1. The fourth-order valence-electron chi connectivity index (χ4n) is 4.46. The second-order valence-corrected chi connectivity index (χ2v) is 8.24. The van der Waals surface area contributed by atoms with Gasteiger partial charge < -0.3 is 14.1 Å². The van der Waals surface area contributed by atoms with Gasteiger partial charge in [-0.05, 0) is 53.3 Å². The quantitative estimate of drug-likeness (QED) is 0.548. The molecule has 1 amide bonds. The van der Waals surface area contributed by atoms with Crippen LogP contribution in [0.4, 0.5) is 10.2 Å². The molecule has 9 heteroatoms. The molecule has 0 bridgehead atoms. The molecular weight excluding hydrogens is 397 g/mol. The van der Waals surface area contributed by atoms with Gasteiger partial charge >= 0.3 is 0 Å². The molecule has 0 unspecified atom stereocenters. The largest absolute Gasteiger partial charge is 0.305 e. The highest BCUT2D eigenvalue weighted by atomic mass is 19.1. The predicted octanol–water partition coefficient (Wildman–Crippen LogP) is 3.46. The number of nitrogens with one attached hydrogen (secondary N) is 1. The van der Waals surface area contributed by atoms with Crippen molar-refractivity contribution in [3.63, 3.8) is 0 Å². The zero-order chi connectivity index (χ0) is 21.9. The van der Waals surface area contributed by atoms with E-state index in [1.807, 2.05) is 24.4 Å². The van der Waals surface area contributed by atoms with Gasteiger partial charge in [0.25, 0.3) is 5.91 Å². The van der Waals surface area contributed by atoms with Crippen LogP contribution in [0.2, 0.25) is 0 Å². The van der Waals surface area contributed by atoms with Crippen molar-refractivity contribution in [3.8, 4) is 0 Å². The van der Waals surface area contributed by atoms with Crippen molar-refractivity contribution in [2.75, 3.05) is 18.9 Å². The van der Waals surface area contributed by atoms with Crippen molar-refractivity contribution >= 4 is 22.9 Å². The fourth-order valence-corrected chi connectivity index (χ4v) is 4.46. The molecule has 0 aliphatic carbocycles. The summed E-state index contributed by atoms with van der Waals surface area (Å²) in [6.45, 7) is 6.54. The maximum absolute atomic E-state index is 14.7. The second-order valence-electron chi connectivity index (χ2n) is 8.24. The van der Waals surface area contributed by atoms with E-state index in [9.17, 15) is 9.18 Å². The third-order valence-electron chi connectivity index (χ3n) is 6.06. The third kappa shape index (κ3) is 3.25. The minimum Gasteiger partial charge on any atom is -0.305 e. The Kier molecular flexibility index (Phi) is 4.51. The molecule has 160 valence electrons. The standard InChI is InChI=1S/C22H24FN7O/c1-12-19-8-15(16(23)9-30(19)14(3)24-12)22(31)27-20-11-29-10-17(18-6-5-7-28(18)4)26-21(29)13(2)25-20/h8-11,18H,5-7H2,1-4H3,(H,27,31)/t18-/m1/s1. The number of nitrogens with zero attached hydrogens (tertiary/aromatic N) is 6. The van der Waals surface area contributed by atoms with Gasteiger partial charge in [-0.25, -0.2) is 19.3 Å². The topological polar surface area (TPSA) is 79.8 Å². The molecule has 0 radical (unpaired) electrons. The summed E-state index contributed by atoms with van der Waals surface area (Å²) in [6.07, 6.45) is 7.22. The number of carbonyl (C=O) groups is 1. The lowest BCUT2D eigenvalue weighted by Crippen LogP contribution is -2.17. The first-order valence-corrected chi connectivity index (χ1v) is 10.3. The monoisotopic (exact) mass is 421 g/mol. The van der Waals surface area contributed by atoms with Gasteiger partial charge in [-0.15, -0.1) is 0 Å². The molecule has 0 aromatic carbocycles. The Labute approximate surface area is 178 Å². The number of carbonyl (C=O) groups excluding carboxylic acids is 1. The lowest BCUT2D eigenvalue weighted by molar-refractivity contribution is 0.102. The summed E-state index contributed by atoms with van der Waals surface area (Å²) >= 11 is 0. The van der Waals surface area contributed by atoms with Gasteiger partial charge in [0, 0.05) is 12.4 Å². The Hall–Kier alpha value is -3.33. The molecule has 4 aromatic heterocycles. The van der Waals surface area contributed by atoms with Crippen molar-refractivity contribution in [3.05, 3.63) is 58.9 Å². The van der Waals surface area contributed by atoms with Crippen molar-refractivity contribution in [2.24, 2.45) is 0 Å². The third-order valence-corrected chi connectivity index (χ3v) is 6.06. The molecule has 1 aliphatic rings. The molecule has 0 spiro atoms. The smallest absolute Gasteiger partial charge is 0.259 e. The number of aryl methyl sites for hydroxylation is 3. The van der Waals surface area contributed by atoms with E-state index in [1.54, 1.807) is 17.5 Å². The molecule has 5 heterocycles. The van der Waals surface area contributed by atoms with Crippen LogP contribution in [0.1, 0.15) is 52.1 Å². The maximum Gasteiger partial charge on any atom is 0.259 e. The molecule has 8 nitrogen and oxygen atoms in total. The molecule has 1 fully saturated rings. The number of halogens is 1. The van der Waals surface area contributed by atoms with Gasteiger partial charge in [-0.2, -0.15) is 0 Å². The van der Waals surface area contributed by atoms with Crippen LogP contribution in [0.3, 0.4) is 0 Å². The highest BCUT2D eigenvalue weighted by Gasteiger charge is 2.25. The maximum atomic E-state index is 14.7. The Morgan fingerprint density at radius 2 is 1.94 bits per heavy atom. The van der Waals surface area contributed by atoms with Gasteiger partial charge in [0.1, 0.15) is 11.6 Å². The molecule has 1 aliphatic heterocycles. The van der Waals surface area contributed by atoms with E-state index in [-0.39, 0.29) is 5.56 Å². The van der Waals surface area contributed by atoms with Crippen LogP contribution in [0, 0.1) is 26.6 Å². The molecule has 0 saturated carbocycles. The minimum absolute atomic E-state index is 0.0473. The number of imidazole rings is 2. The molecular formula is C22H24FN7O. The summed E-state index contributed by atoms with van der Waals surface area (Å²) in [5.74, 6) is -0.151. The van der Waals surface area contributed by atoms with Crippen LogP contribution in [-0.2, 0) is 0 Å². The summed E-state index contributed by atoms with van der Waals surface area (Å²) in [5, 5.41) is 2.73. The zero-order valence-electron chi connectivity index (χ0n) is 18.0. The summed E-state index contributed by atoms with van der Waals surface area (Å²) in [7, 11) is 2.10. The van der Waals surface area contributed by atoms with Crippen LogP contribution in [-0.4, -0.2) is 48.2 Å². The van der Waals surface area contributed by atoms with E-state index in [0.29, 0.717) is 28.9 Å². The summed E-state index contributed by atoms with van der Waals surface area (Å²) in [6, 6.07) is 1.82. The van der Waals surface area contributed by atoms with Crippen molar-refractivity contribution in [1.29, 1.82) is 0 Å². The number of anilines is 1. The highest BCUT2D eigenvalue weighted by molar-refractivity contribution is 6.04. The van der Waals surface area contributed by atoms with Gasteiger partial charge in [0.05, 0.1) is 40.4 Å². The first-order valence-electron chi connectivity index (χ1n) is 10.3. The Balaban J connectivity index is 1.47. The van der Waals surface area contributed by atoms with Crippen molar-refractivity contribution < 1.29 is 9.18 Å². The second kappa shape index (κ2) is 7.12. The van der Waals surface area contributed by atoms with Crippen molar-refractivity contribution in [2.45, 2.75) is 39.7 Å². The molecule has 1 atom stereocenters. The number of aromatic nitrogens is 5. The van der Waals surface area contributed by atoms with E-state index in [1.165, 1.54) is 12.3 Å². The Morgan fingerprint density at radius 3 is 2.68 bits per heavy atom. The van der Waals surface area contributed by atoms with E-state index in [2.05, 4.69) is 27.2 Å². The van der Waals surface area contributed by atoms with Gasteiger partial charge in [0.2, 0.25) is 0 Å². The number of fused-ring (bicyclic) bond motifs is 2. The molecule has 4 aromatic rings. The summed E-state index contributed by atoms with van der Waals surface area (Å²) in [4.78, 5) is 28.7. The SMILES string of the molecule is Cc1nc(NC(=O)c2cc3c(C)nc(C)n3cc2F)cn2cc([C@H]3CCCN3C)nc12. The number of rotatable bonds is 3. The van der Waals surface area contributed by atoms with E-state index < -0.39 is 11.7 Å². The normalized spacial score (nSPS) is 17.1. The average Bonchev–Trinajstić information content (AvgIpc) is 3.39. The minimum atomic E-state index is -0.613. The molecule has 5 rings (SSSR count). The number of amides is 1. The number of pyridine rings is 1. The van der Waals surface area contributed by atoms with E-state index in [0.717, 1.165) is 36.4 Å². The number of hydrogen-bond acceptors (Lipinski definition) is 5. The van der Waals surface area contributed by atoms with Gasteiger partial charge in [0.15, 0.2) is 11.5 Å². The Morgan fingerprint density at radius 1 is 1.13 bits per heavy atom. The zero-order valence-corrected chi connectivity index (χ0v) is 18.0. The van der Waals surface area contributed by atoms with E-state index in [4.69, 9.17) is 4.98 Å². The highest BCUT2D eigenvalue weighted by Crippen LogP contribution is 2.30. The summed E-state index contributed by atoms with van der Waals surface area (Å²) < 4.78 is 18.2. The average molecular weight is 421 g/mol. The molecule has 1 N–H and O–H groups in total. The summed E-state index contributed by atoms with van der Waals surface area (Å²) in [5.41, 5.74) is 3.84. The lowest BCUT2D eigenvalue weighted by atomic mass is 10.2.